The number of rotatable bonds is 0. The fraction of sp³-hybridized carbons (Fsp3) is 0.143. The van der Waals surface area contributed by atoms with Crippen LogP contribution in [-0.2, 0) is 49.1 Å². The molecular weight excluding hydrogens is 507 g/mol. The zero-order valence-electron chi connectivity index (χ0n) is 11.3. The van der Waals surface area contributed by atoms with Gasteiger partial charge in [-0.25, -0.2) is 0 Å². The van der Waals surface area contributed by atoms with Crippen LogP contribution in [0.2, 0.25) is 0 Å². The molecule has 0 amide bonds. The Morgan fingerprint density at radius 1 is 0.826 bits per heavy atom. The predicted molar refractivity (Wildman–Crippen MR) is 69.6 cm³/mol. The first-order chi connectivity index (χ1) is 9.70. The molecular formula is C14H11F3O3Ru2S. The molecule has 3 aliphatic rings. The van der Waals surface area contributed by atoms with Crippen LogP contribution in [0.3, 0.4) is 0 Å². The third-order valence-corrected chi connectivity index (χ3v) is 3.58. The number of fused-ring (bicyclic) bond motifs is 3. The van der Waals surface area contributed by atoms with E-state index in [0.29, 0.717) is 0 Å². The molecule has 0 unspecified atom stereocenters. The van der Waals surface area contributed by atoms with Crippen LogP contribution >= 0.6 is 0 Å². The van der Waals surface area contributed by atoms with Gasteiger partial charge in [0.25, 0.3) is 0 Å². The molecule has 3 fully saturated rings. The molecule has 0 bridgehead atoms. The predicted octanol–water partition coefficient (Wildman–Crippen LogP) is 2.74. The minimum Gasteiger partial charge on any atom is -0.279 e. The minimum absolute atomic E-state index is 0. The maximum absolute atomic E-state index is 10.7. The standard InChI is InChI=1S/C13H10.CHF3O3S.2Ru/c1-3-7-12-10(5-1)9-11-6-2-4-8-13(11)12;2-1(3,4)8(5,6)7;;/h1-8H,9H2;(H,5,6,7);;. The summed E-state index contributed by atoms with van der Waals surface area (Å²) in [4.78, 5) is 0. The van der Waals surface area contributed by atoms with Crippen LogP contribution in [0.1, 0.15) is 6.42 Å². The van der Waals surface area contributed by atoms with E-state index in [1.807, 2.05) is 0 Å². The van der Waals surface area contributed by atoms with Crippen LogP contribution in [0.15, 0.2) is 0 Å². The number of halogens is 3. The molecule has 0 aromatic rings. The molecule has 3 aliphatic carbocycles. The second-order valence-corrected chi connectivity index (χ2v) is 5.82. The third-order valence-electron chi connectivity index (χ3n) is 3.00. The van der Waals surface area contributed by atoms with E-state index in [1.165, 1.54) is 23.7 Å². The fourth-order valence-corrected chi connectivity index (χ4v) is 2.08. The fourth-order valence-electron chi connectivity index (χ4n) is 2.08. The zero-order chi connectivity index (χ0) is 15.7. The Kier molecular flexibility index (Phi) is 9.99. The molecule has 1 N–H and O–H groups in total. The molecule has 0 aromatic carbocycles. The van der Waals surface area contributed by atoms with Gasteiger partial charge in [0.15, 0.2) is 0 Å². The Balaban J connectivity index is 0.000000433. The molecule has 3 rings (SSSR count). The van der Waals surface area contributed by atoms with Gasteiger partial charge in [0.2, 0.25) is 0 Å². The first-order valence-corrected chi connectivity index (χ1v) is 7.34. The quantitative estimate of drug-likeness (QED) is 0.305. The van der Waals surface area contributed by atoms with Crippen LogP contribution < -0.4 is 0 Å². The van der Waals surface area contributed by atoms with Crippen molar-refractivity contribution in [3.63, 3.8) is 0 Å². The number of hydrogen-bond acceptors (Lipinski definition) is 2. The summed E-state index contributed by atoms with van der Waals surface area (Å²) in [5.74, 6) is 5.75. The summed E-state index contributed by atoms with van der Waals surface area (Å²) in [5.41, 5.74) is -5.53. The first-order valence-electron chi connectivity index (χ1n) is 5.90. The zero-order valence-corrected chi connectivity index (χ0v) is 15.6. The Hall–Kier alpha value is 0.947. The molecule has 12 radical (unpaired) electrons. The summed E-state index contributed by atoms with van der Waals surface area (Å²) in [6, 6.07) is 0. The molecule has 128 valence electrons. The third kappa shape index (κ3) is 6.31. The Morgan fingerprint density at radius 3 is 1.43 bits per heavy atom. The number of alkyl halides is 3. The van der Waals surface area contributed by atoms with Gasteiger partial charge in [0.1, 0.15) is 0 Å². The molecule has 0 heterocycles. The van der Waals surface area contributed by atoms with E-state index in [2.05, 4.69) is 51.4 Å². The van der Waals surface area contributed by atoms with Crippen LogP contribution in [-0.4, -0.2) is 18.5 Å². The summed E-state index contributed by atoms with van der Waals surface area (Å²) in [7, 11) is -5.84. The van der Waals surface area contributed by atoms with E-state index in [0.717, 1.165) is 6.42 Å². The van der Waals surface area contributed by atoms with Gasteiger partial charge in [-0.05, 0) is 81.5 Å². The largest absolute Gasteiger partial charge is 0.522 e. The van der Waals surface area contributed by atoms with Gasteiger partial charge in [0, 0.05) is 39.0 Å². The van der Waals surface area contributed by atoms with Crippen molar-refractivity contribution >= 4 is 10.1 Å². The monoisotopic (exact) mass is 520 g/mol. The van der Waals surface area contributed by atoms with Gasteiger partial charge in [-0.1, -0.05) is 0 Å². The Morgan fingerprint density at radius 2 is 1.13 bits per heavy atom. The average Bonchev–Trinajstić information content (AvgIpc) is 2.75. The van der Waals surface area contributed by atoms with Crippen molar-refractivity contribution in [1.82, 2.24) is 0 Å². The molecule has 0 saturated heterocycles. The topological polar surface area (TPSA) is 54.4 Å². The Labute approximate surface area is 161 Å². The second kappa shape index (κ2) is 9.59. The smallest absolute Gasteiger partial charge is 0.279 e. The molecule has 9 heteroatoms. The van der Waals surface area contributed by atoms with E-state index >= 15 is 0 Å². The molecule has 0 aromatic heterocycles. The van der Waals surface area contributed by atoms with Crippen molar-refractivity contribution in [2.24, 2.45) is 0 Å². The van der Waals surface area contributed by atoms with Crippen LogP contribution in [0, 0.1) is 75.0 Å². The van der Waals surface area contributed by atoms with E-state index in [-0.39, 0.29) is 39.0 Å². The van der Waals surface area contributed by atoms with Gasteiger partial charge in [-0.3, -0.25) is 4.55 Å². The van der Waals surface area contributed by atoms with Crippen LogP contribution in [0.4, 0.5) is 13.2 Å². The molecule has 3 nitrogen and oxygen atoms in total. The van der Waals surface area contributed by atoms with Crippen molar-refractivity contribution in [2.45, 2.75) is 11.9 Å². The van der Waals surface area contributed by atoms with Gasteiger partial charge in [-0.2, -0.15) is 21.6 Å². The van der Waals surface area contributed by atoms with Crippen molar-refractivity contribution in [1.29, 1.82) is 0 Å². The summed E-state index contributed by atoms with van der Waals surface area (Å²) in [6.45, 7) is 0. The summed E-state index contributed by atoms with van der Waals surface area (Å²) in [6.07, 6.45) is 18.4. The molecule has 0 atom stereocenters. The van der Waals surface area contributed by atoms with E-state index < -0.39 is 15.6 Å². The van der Waals surface area contributed by atoms with Crippen molar-refractivity contribution in [2.75, 3.05) is 0 Å². The van der Waals surface area contributed by atoms with Gasteiger partial charge in [-0.15, -0.1) is 0 Å². The van der Waals surface area contributed by atoms with E-state index in [4.69, 9.17) is 13.0 Å². The molecule has 23 heavy (non-hydrogen) atoms. The van der Waals surface area contributed by atoms with Gasteiger partial charge >= 0.3 is 15.6 Å². The van der Waals surface area contributed by atoms with Gasteiger partial charge in [0.05, 0.1) is 0 Å². The minimum atomic E-state index is -5.84. The average molecular weight is 518 g/mol. The maximum Gasteiger partial charge on any atom is 0.522 e. The summed E-state index contributed by atoms with van der Waals surface area (Å²) < 4.78 is 57.5. The molecule has 0 spiro atoms. The normalized spacial score (nSPS) is 23.7. The van der Waals surface area contributed by atoms with E-state index in [9.17, 15) is 13.2 Å². The molecule has 0 aliphatic heterocycles. The van der Waals surface area contributed by atoms with Gasteiger partial charge < -0.3 is 0 Å². The van der Waals surface area contributed by atoms with Crippen molar-refractivity contribution in [3.8, 4) is 0 Å². The number of hydrogen-bond donors (Lipinski definition) is 1. The van der Waals surface area contributed by atoms with Crippen LogP contribution in [0.25, 0.3) is 0 Å². The maximum atomic E-state index is 10.7. The summed E-state index contributed by atoms with van der Waals surface area (Å²) >= 11 is 0. The molecule has 3 saturated carbocycles. The SMILES string of the molecule is O=S(=O)(O)C(F)(F)F.[CH]1[CH][CH][C]2[C]([CH]1)C[C]1[CH][CH][CH][CH][C]12.[Ru].[Ru]. The second-order valence-electron chi connectivity index (χ2n) is 4.41. The van der Waals surface area contributed by atoms with Crippen molar-refractivity contribution < 1.29 is 65.1 Å². The summed E-state index contributed by atoms with van der Waals surface area (Å²) in [5, 5.41) is 0. The Bertz CT molecular complexity index is 437. The van der Waals surface area contributed by atoms with E-state index in [1.54, 1.807) is 0 Å². The first kappa shape index (κ1) is 23.9. The van der Waals surface area contributed by atoms with Crippen LogP contribution in [0.5, 0.6) is 0 Å². The van der Waals surface area contributed by atoms with Crippen molar-refractivity contribution in [3.05, 3.63) is 75.0 Å².